The van der Waals surface area contributed by atoms with Crippen LogP contribution in [0.5, 0.6) is 0 Å². The topological polar surface area (TPSA) is 81.4 Å². The maximum atomic E-state index is 12.0. The maximum absolute atomic E-state index is 12.0. The van der Waals surface area contributed by atoms with Crippen molar-refractivity contribution in [2.45, 2.75) is 24.7 Å². The lowest BCUT2D eigenvalue weighted by molar-refractivity contribution is 0.146. The molecule has 0 amide bonds. The van der Waals surface area contributed by atoms with Crippen LogP contribution in [0, 0.1) is 0 Å². The van der Waals surface area contributed by atoms with Crippen molar-refractivity contribution in [1.29, 1.82) is 0 Å². The number of nitrogens with two attached hydrogens (primary N) is 1. The van der Waals surface area contributed by atoms with E-state index in [0.717, 1.165) is 5.56 Å². The van der Waals surface area contributed by atoms with E-state index < -0.39 is 10.0 Å². The van der Waals surface area contributed by atoms with Crippen molar-refractivity contribution in [1.82, 2.24) is 4.72 Å². The zero-order chi connectivity index (χ0) is 15.0. The molecule has 0 atom stereocenters. The summed E-state index contributed by atoms with van der Waals surface area (Å²) in [6.45, 7) is 3.44. The molecular weight excluding hydrogens is 296 g/mol. The van der Waals surface area contributed by atoms with Gasteiger partial charge in [0.2, 0.25) is 10.0 Å². The molecule has 112 valence electrons. The molecule has 0 radical (unpaired) electrons. The summed E-state index contributed by atoms with van der Waals surface area (Å²) in [4.78, 5) is 0.621. The van der Waals surface area contributed by atoms with Gasteiger partial charge in [-0.2, -0.15) is 0 Å². The fourth-order valence-corrected chi connectivity index (χ4v) is 2.84. The largest absolute Gasteiger partial charge is 0.393 e. The molecule has 0 fully saturated rings. The van der Waals surface area contributed by atoms with E-state index >= 15 is 0 Å². The molecule has 1 aromatic rings. The predicted octanol–water partition coefficient (Wildman–Crippen LogP) is 1.22. The Kier molecular flexibility index (Phi) is 7.08. The molecule has 0 unspecified atom stereocenters. The van der Waals surface area contributed by atoms with E-state index in [0.29, 0.717) is 37.6 Å². The van der Waals surface area contributed by atoms with E-state index in [1.807, 2.05) is 6.92 Å². The van der Waals surface area contributed by atoms with Gasteiger partial charge in [0.1, 0.15) is 0 Å². The summed E-state index contributed by atoms with van der Waals surface area (Å²) in [5, 5.41) is 0. The van der Waals surface area contributed by atoms with Crippen LogP contribution in [0.15, 0.2) is 29.2 Å². The first-order chi connectivity index (χ1) is 9.45. The Morgan fingerprint density at radius 1 is 1.35 bits per heavy atom. The Bertz CT molecular complexity index is 527. The molecular formula is C13H20N2O3S2. The number of benzene rings is 1. The molecule has 5 nitrogen and oxygen atoms in total. The maximum Gasteiger partial charge on any atom is 0.240 e. The smallest absolute Gasteiger partial charge is 0.240 e. The van der Waals surface area contributed by atoms with Gasteiger partial charge in [-0.25, -0.2) is 13.1 Å². The van der Waals surface area contributed by atoms with Gasteiger partial charge in [0.15, 0.2) is 0 Å². The SMILES string of the molecule is CCOCCCNS(=O)(=O)c1ccc(CC(N)=S)cc1. The highest BCUT2D eigenvalue weighted by Crippen LogP contribution is 2.11. The van der Waals surface area contributed by atoms with Crippen LogP contribution in [-0.2, 0) is 21.2 Å². The Balaban J connectivity index is 2.56. The minimum absolute atomic E-state index is 0.237. The minimum Gasteiger partial charge on any atom is -0.393 e. The van der Waals surface area contributed by atoms with Crippen LogP contribution in [-0.4, -0.2) is 33.2 Å². The highest BCUT2D eigenvalue weighted by molar-refractivity contribution is 7.89. The van der Waals surface area contributed by atoms with Crippen molar-refractivity contribution in [3.05, 3.63) is 29.8 Å². The Hall–Kier alpha value is -1.02. The fraction of sp³-hybridized carbons (Fsp3) is 0.462. The monoisotopic (exact) mass is 316 g/mol. The van der Waals surface area contributed by atoms with Crippen molar-refractivity contribution in [2.75, 3.05) is 19.8 Å². The summed E-state index contributed by atoms with van der Waals surface area (Å²) in [6.07, 6.45) is 1.12. The van der Waals surface area contributed by atoms with E-state index in [1.54, 1.807) is 24.3 Å². The van der Waals surface area contributed by atoms with Crippen LogP contribution in [0.2, 0.25) is 0 Å². The van der Waals surface area contributed by atoms with Crippen molar-refractivity contribution in [2.24, 2.45) is 5.73 Å². The van der Waals surface area contributed by atoms with E-state index in [4.69, 9.17) is 22.7 Å². The summed E-state index contributed by atoms with van der Waals surface area (Å²) in [7, 11) is -3.46. The molecule has 1 rings (SSSR count). The van der Waals surface area contributed by atoms with Gasteiger partial charge in [0.05, 0.1) is 9.88 Å². The predicted molar refractivity (Wildman–Crippen MR) is 83.2 cm³/mol. The van der Waals surface area contributed by atoms with Crippen LogP contribution < -0.4 is 10.5 Å². The van der Waals surface area contributed by atoms with Crippen molar-refractivity contribution in [3.63, 3.8) is 0 Å². The third-order valence-electron chi connectivity index (χ3n) is 2.57. The lowest BCUT2D eigenvalue weighted by atomic mass is 10.1. The van der Waals surface area contributed by atoms with Gasteiger partial charge in [-0.15, -0.1) is 0 Å². The number of ether oxygens (including phenoxy) is 1. The average Bonchev–Trinajstić information content (AvgIpc) is 2.38. The summed E-state index contributed by atoms with van der Waals surface area (Å²) in [5.74, 6) is 0. The molecule has 20 heavy (non-hydrogen) atoms. The fourth-order valence-electron chi connectivity index (χ4n) is 1.60. The van der Waals surface area contributed by atoms with Crippen LogP contribution in [0.4, 0.5) is 0 Å². The highest BCUT2D eigenvalue weighted by atomic mass is 32.2. The molecule has 0 bridgehead atoms. The lowest BCUT2D eigenvalue weighted by Crippen LogP contribution is -2.25. The van der Waals surface area contributed by atoms with Crippen molar-refractivity contribution in [3.8, 4) is 0 Å². The van der Waals surface area contributed by atoms with Gasteiger partial charge in [0.25, 0.3) is 0 Å². The molecule has 3 N–H and O–H groups in total. The molecule has 0 aliphatic rings. The van der Waals surface area contributed by atoms with Crippen molar-refractivity contribution >= 4 is 27.2 Å². The lowest BCUT2D eigenvalue weighted by Gasteiger charge is -2.07. The molecule has 0 spiro atoms. The number of hydrogen-bond acceptors (Lipinski definition) is 4. The molecule has 0 aliphatic heterocycles. The van der Waals surface area contributed by atoms with Crippen LogP contribution in [0.25, 0.3) is 0 Å². The van der Waals surface area contributed by atoms with Crippen LogP contribution >= 0.6 is 12.2 Å². The van der Waals surface area contributed by atoms with E-state index in [2.05, 4.69) is 4.72 Å². The van der Waals surface area contributed by atoms with E-state index in [9.17, 15) is 8.42 Å². The second kappa shape index (κ2) is 8.31. The molecule has 0 aromatic heterocycles. The molecule has 0 heterocycles. The van der Waals surface area contributed by atoms with Gasteiger partial charge < -0.3 is 10.5 Å². The van der Waals surface area contributed by atoms with E-state index in [1.165, 1.54) is 0 Å². The zero-order valence-corrected chi connectivity index (χ0v) is 13.1. The molecule has 7 heteroatoms. The van der Waals surface area contributed by atoms with Crippen LogP contribution in [0.3, 0.4) is 0 Å². The molecule has 0 aliphatic carbocycles. The first kappa shape index (κ1) is 17.0. The number of hydrogen-bond donors (Lipinski definition) is 2. The number of sulfonamides is 1. The standard InChI is InChI=1S/C13H20N2O3S2/c1-2-18-9-3-8-15-20(16,17)12-6-4-11(5-7-12)10-13(14)19/h4-7,15H,2-3,8-10H2,1H3,(H2,14,19). The highest BCUT2D eigenvalue weighted by Gasteiger charge is 2.12. The van der Waals surface area contributed by atoms with Gasteiger partial charge in [-0.1, -0.05) is 24.4 Å². The second-order valence-corrected chi connectivity index (χ2v) is 6.53. The van der Waals surface area contributed by atoms with Gasteiger partial charge in [-0.05, 0) is 31.0 Å². The third kappa shape index (κ3) is 5.96. The summed E-state index contributed by atoms with van der Waals surface area (Å²) in [5.41, 5.74) is 6.34. The van der Waals surface area contributed by atoms with Gasteiger partial charge in [0, 0.05) is 26.2 Å². The first-order valence-corrected chi connectivity index (χ1v) is 8.29. The van der Waals surface area contributed by atoms with Crippen molar-refractivity contribution < 1.29 is 13.2 Å². The summed E-state index contributed by atoms with van der Waals surface area (Å²) >= 11 is 4.81. The average molecular weight is 316 g/mol. The summed E-state index contributed by atoms with van der Waals surface area (Å²) < 4.78 is 31.7. The zero-order valence-electron chi connectivity index (χ0n) is 11.5. The minimum atomic E-state index is -3.46. The number of nitrogens with one attached hydrogen (secondary N) is 1. The Labute approximate surface area is 125 Å². The molecule has 0 saturated carbocycles. The quantitative estimate of drug-likeness (QED) is 0.529. The van der Waals surface area contributed by atoms with Crippen LogP contribution in [0.1, 0.15) is 18.9 Å². The Morgan fingerprint density at radius 2 is 2.00 bits per heavy atom. The molecule has 1 aromatic carbocycles. The second-order valence-electron chi connectivity index (χ2n) is 4.24. The van der Waals surface area contributed by atoms with Gasteiger partial charge in [-0.3, -0.25) is 0 Å². The number of thiocarbonyl (C=S) groups is 1. The normalized spacial score (nSPS) is 11.4. The van der Waals surface area contributed by atoms with E-state index in [-0.39, 0.29) is 4.90 Å². The third-order valence-corrected chi connectivity index (χ3v) is 4.19. The summed E-state index contributed by atoms with van der Waals surface area (Å²) in [6, 6.07) is 6.54. The van der Waals surface area contributed by atoms with Gasteiger partial charge >= 0.3 is 0 Å². The Morgan fingerprint density at radius 3 is 2.55 bits per heavy atom. The first-order valence-electron chi connectivity index (χ1n) is 6.40. The number of rotatable bonds is 9. The molecule has 0 saturated heterocycles.